The van der Waals surface area contributed by atoms with Crippen LogP contribution in [-0.4, -0.2) is 28.7 Å². The first-order chi connectivity index (χ1) is 13.7. The Morgan fingerprint density at radius 1 is 1.07 bits per heavy atom. The third-order valence-corrected chi connectivity index (χ3v) is 3.91. The van der Waals surface area contributed by atoms with Crippen LogP contribution >= 0.6 is 11.6 Å². The number of oxime groups is 1. The highest BCUT2D eigenvalue weighted by molar-refractivity contribution is 6.31. The summed E-state index contributed by atoms with van der Waals surface area (Å²) in [5, 5.41) is 7.11. The molecule has 3 aromatic rings. The van der Waals surface area contributed by atoms with Crippen molar-refractivity contribution in [3.63, 3.8) is 0 Å². The van der Waals surface area contributed by atoms with Crippen molar-refractivity contribution in [1.82, 2.24) is 15.3 Å². The summed E-state index contributed by atoms with van der Waals surface area (Å²) in [6.45, 7) is 0.145. The Bertz CT molecular complexity index is 934. The molecular formula is C20H17ClN4O3. The monoisotopic (exact) mass is 396 g/mol. The zero-order valence-electron chi connectivity index (χ0n) is 14.8. The van der Waals surface area contributed by atoms with Gasteiger partial charge in [0.25, 0.3) is 5.91 Å². The van der Waals surface area contributed by atoms with E-state index < -0.39 is 0 Å². The Labute approximate surface area is 167 Å². The fourth-order valence-electron chi connectivity index (χ4n) is 2.15. The Morgan fingerprint density at radius 2 is 1.82 bits per heavy atom. The minimum Gasteiger partial charge on any atom is -0.424 e. The van der Waals surface area contributed by atoms with Gasteiger partial charge in [0, 0.05) is 24.0 Å². The number of nitrogens with zero attached hydrogens (tertiary/aromatic N) is 3. The summed E-state index contributed by atoms with van der Waals surface area (Å²) in [7, 11) is 0. The van der Waals surface area contributed by atoms with Gasteiger partial charge in [0.05, 0.1) is 6.21 Å². The molecule has 0 unspecified atom stereocenters. The molecule has 1 heterocycles. The number of carbonyl (C=O) groups excluding carboxylic acids is 1. The highest BCUT2D eigenvalue weighted by Gasteiger charge is 2.04. The number of halogens is 1. The molecule has 0 saturated carbocycles. The van der Waals surface area contributed by atoms with Gasteiger partial charge in [-0.1, -0.05) is 35.0 Å². The number of ether oxygens (including phenoxy) is 1. The van der Waals surface area contributed by atoms with Gasteiger partial charge in [0.2, 0.25) is 0 Å². The first kappa shape index (κ1) is 19.3. The van der Waals surface area contributed by atoms with Crippen molar-refractivity contribution >= 4 is 23.7 Å². The number of benzene rings is 2. The molecule has 142 valence electrons. The molecule has 0 radical (unpaired) electrons. The molecule has 0 atom stereocenters. The summed E-state index contributed by atoms with van der Waals surface area (Å²) in [5.74, 6) is 0.312. The van der Waals surface area contributed by atoms with Crippen LogP contribution in [0.25, 0.3) is 0 Å². The van der Waals surface area contributed by atoms with E-state index in [4.69, 9.17) is 21.2 Å². The smallest absolute Gasteiger partial charge is 0.321 e. The van der Waals surface area contributed by atoms with Crippen LogP contribution in [0.1, 0.15) is 11.1 Å². The van der Waals surface area contributed by atoms with E-state index in [1.54, 1.807) is 48.8 Å². The van der Waals surface area contributed by atoms with Crippen molar-refractivity contribution in [2.75, 3.05) is 6.61 Å². The number of nitrogens with one attached hydrogen (secondary N) is 1. The van der Waals surface area contributed by atoms with Crippen LogP contribution in [-0.2, 0) is 16.2 Å². The highest BCUT2D eigenvalue weighted by Crippen LogP contribution is 2.17. The topological polar surface area (TPSA) is 85.7 Å². The number of hydrogen-bond donors (Lipinski definition) is 1. The van der Waals surface area contributed by atoms with Gasteiger partial charge in [-0.05, 0) is 47.5 Å². The number of rotatable bonds is 8. The van der Waals surface area contributed by atoms with Gasteiger partial charge in [-0.15, -0.1) is 0 Å². The van der Waals surface area contributed by atoms with Crippen molar-refractivity contribution in [3.8, 4) is 11.8 Å². The molecule has 0 aliphatic rings. The normalized spacial score (nSPS) is 10.6. The van der Waals surface area contributed by atoms with Gasteiger partial charge in [-0.2, -0.15) is 0 Å². The second-order valence-corrected chi connectivity index (χ2v) is 5.99. The maximum absolute atomic E-state index is 11.8. The van der Waals surface area contributed by atoms with Crippen LogP contribution < -0.4 is 10.1 Å². The van der Waals surface area contributed by atoms with Crippen molar-refractivity contribution < 1.29 is 14.4 Å². The van der Waals surface area contributed by atoms with E-state index in [1.165, 1.54) is 6.21 Å². The molecular weight excluding hydrogens is 380 g/mol. The van der Waals surface area contributed by atoms with E-state index in [-0.39, 0.29) is 18.5 Å². The third-order valence-electron chi connectivity index (χ3n) is 3.54. The van der Waals surface area contributed by atoms with Crippen molar-refractivity contribution in [2.45, 2.75) is 6.54 Å². The van der Waals surface area contributed by atoms with E-state index in [1.807, 2.05) is 18.2 Å². The Balaban J connectivity index is 1.40. The van der Waals surface area contributed by atoms with E-state index >= 15 is 0 Å². The first-order valence-electron chi connectivity index (χ1n) is 8.41. The minimum atomic E-state index is -0.288. The fraction of sp³-hybridized carbons (Fsp3) is 0.100. The molecule has 28 heavy (non-hydrogen) atoms. The number of hydrogen-bond acceptors (Lipinski definition) is 6. The van der Waals surface area contributed by atoms with Crippen LogP contribution in [0.3, 0.4) is 0 Å². The summed E-state index contributed by atoms with van der Waals surface area (Å²) >= 11 is 6.04. The molecule has 8 heteroatoms. The average molecular weight is 397 g/mol. The summed E-state index contributed by atoms with van der Waals surface area (Å²) in [6.07, 6.45) is 4.71. The highest BCUT2D eigenvalue weighted by atomic mass is 35.5. The lowest BCUT2D eigenvalue weighted by molar-refractivity contribution is -0.125. The molecule has 1 aromatic heterocycles. The molecule has 2 aromatic carbocycles. The summed E-state index contributed by atoms with van der Waals surface area (Å²) in [6, 6.07) is 16.4. The second kappa shape index (κ2) is 10.0. The van der Waals surface area contributed by atoms with Crippen LogP contribution in [0, 0.1) is 0 Å². The summed E-state index contributed by atoms with van der Waals surface area (Å²) in [5.41, 5.74) is 1.63. The van der Waals surface area contributed by atoms with Gasteiger partial charge in [0.15, 0.2) is 6.61 Å². The minimum absolute atomic E-state index is 0.187. The van der Waals surface area contributed by atoms with Crippen molar-refractivity contribution in [2.24, 2.45) is 5.16 Å². The maximum Gasteiger partial charge on any atom is 0.321 e. The van der Waals surface area contributed by atoms with Crippen LogP contribution in [0.2, 0.25) is 5.02 Å². The molecule has 1 amide bonds. The summed E-state index contributed by atoms with van der Waals surface area (Å²) in [4.78, 5) is 24.8. The van der Waals surface area contributed by atoms with Gasteiger partial charge < -0.3 is 14.9 Å². The van der Waals surface area contributed by atoms with Crippen molar-refractivity contribution in [1.29, 1.82) is 0 Å². The molecule has 3 rings (SSSR count). The third kappa shape index (κ3) is 6.07. The lowest BCUT2D eigenvalue weighted by Crippen LogP contribution is -2.26. The quantitative estimate of drug-likeness (QED) is 0.464. The molecule has 0 spiro atoms. The Kier molecular flexibility index (Phi) is 6.92. The van der Waals surface area contributed by atoms with Gasteiger partial charge in [0.1, 0.15) is 5.75 Å². The number of amides is 1. The molecule has 0 aliphatic heterocycles. The molecule has 0 bridgehead atoms. The first-order valence-corrected chi connectivity index (χ1v) is 8.79. The van der Waals surface area contributed by atoms with Gasteiger partial charge in [-0.3, -0.25) is 4.79 Å². The molecule has 1 N–H and O–H groups in total. The Hall–Kier alpha value is -3.45. The van der Waals surface area contributed by atoms with Gasteiger partial charge >= 0.3 is 6.01 Å². The van der Waals surface area contributed by atoms with E-state index in [0.29, 0.717) is 17.3 Å². The lowest BCUT2D eigenvalue weighted by atomic mass is 10.2. The molecule has 0 saturated heterocycles. The summed E-state index contributed by atoms with van der Waals surface area (Å²) < 4.78 is 5.50. The SMILES string of the molecule is O=C(CON=Cc1ccc(Oc2ncccn2)cc1)NCc1ccccc1Cl. The van der Waals surface area contributed by atoms with Crippen LogP contribution in [0.5, 0.6) is 11.8 Å². The van der Waals surface area contributed by atoms with Crippen molar-refractivity contribution in [3.05, 3.63) is 83.1 Å². The predicted octanol–water partition coefficient (Wildman–Crippen LogP) is 3.59. The molecule has 7 nitrogen and oxygen atoms in total. The standard InChI is InChI=1S/C20H17ClN4O3/c21-18-5-2-1-4-16(18)13-24-19(26)14-27-25-12-15-6-8-17(9-7-15)28-20-22-10-3-11-23-20/h1-12H,13-14H2,(H,24,26). The van der Waals surface area contributed by atoms with Gasteiger partial charge in [-0.25, -0.2) is 9.97 Å². The maximum atomic E-state index is 11.8. The fourth-order valence-corrected chi connectivity index (χ4v) is 2.35. The zero-order chi connectivity index (χ0) is 19.6. The van der Waals surface area contributed by atoms with E-state index in [0.717, 1.165) is 11.1 Å². The van der Waals surface area contributed by atoms with Crippen LogP contribution in [0.15, 0.2) is 72.1 Å². The lowest BCUT2D eigenvalue weighted by Gasteiger charge is -2.06. The van der Waals surface area contributed by atoms with E-state index in [9.17, 15) is 4.79 Å². The zero-order valence-corrected chi connectivity index (χ0v) is 15.5. The molecule has 0 fully saturated rings. The van der Waals surface area contributed by atoms with E-state index in [2.05, 4.69) is 20.4 Å². The Morgan fingerprint density at radius 3 is 2.57 bits per heavy atom. The number of carbonyl (C=O) groups is 1. The van der Waals surface area contributed by atoms with Crippen LogP contribution in [0.4, 0.5) is 0 Å². The number of aromatic nitrogens is 2. The average Bonchev–Trinajstić information content (AvgIpc) is 2.72. The predicted molar refractivity (Wildman–Crippen MR) is 105 cm³/mol. The largest absolute Gasteiger partial charge is 0.424 e. The molecule has 0 aliphatic carbocycles. The second-order valence-electron chi connectivity index (χ2n) is 5.58.